The van der Waals surface area contributed by atoms with Crippen LogP contribution in [0.1, 0.15) is 32.2 Å². The fourth-order valence-electron chi connectivity index (χ4n) is 1.77. The third-order valence-corrected chi connectivity index (χ3v) is 2.88. The van der Waals surface area contributed by atoms with Gasteiger partial charge in [0, 0.05) is 19.1 Å². The molecule has 0 aliphatic carbocycles. The van der Waals surface area contributed by atoms with E-state index in [4.69, 9.17) is 4.74 Å². The molecular formula is C15H22N4O. The first kappa shape index (κ1) is 14.5. The lowest BCUT2D eigenvalue weighted by atomic mass is 10.3. The van der Waals surface area contributed by atoms with Gasteiger partial charge in [0.2, 0.25) is 0 Å². The van der Waals surface area contributed by atoms with E-state index >= 15 is 0 Å². The van der Waals surface area contributed by atoms with Crippen molar-refractivity contribution in [3.05, 3.63) is 42.0 Å². The van der Waals surface area contributed by atoms with Crippen LogP contribution in [-0.4, -0.2) is 20.8 Å². The van der Waals surface area contributed by atoms with Crippen LogP contribution in [0.5, 0.6) is 5.75 Å². The molecule has 2 heterocycles. The fraction of sp³-hybridized carbons (Fsp3) is 0.467. The molecular weight excluding hydrogens is 252 g/mol. The van der Waals surface area contributed by atoms with Crippen molar-refractivity contribution in [3.63, 3.8) is 0 Å². The number of rotatable bonds is 7. The molecule has 0 saturated carbocycles. The van der Waals surface area contributed by atoms with Crippen LogP contribution in [0.2, 0.25) is 0 Å². The minimum atomic E-state index is 0.455. The molecule has 0 bridgehead atoms. The molecule has 0 radical (unpaired) electrons. The Hall–Kier alpha value is -1.88. The van der Waals surface area contributed by atoms with Crippen molar-refractivity contribution in [2.75, 3.05) is 0 Å². The number of hydrogen-bond acceptors (Lipinski definition) is 4. The minimum Gasteiger partial charge on any atom is -0.484 e. The number of nitrogens with zero attached hydrogens (tertiary/aromatic N) is 3. The Balaban J connectivity index is 1.90. The van der Waals surface area contributed by atoms with Crippen LogP contribution in [0.25, 0.3) is 0 Å². The molecule has 108 valence electrons. The van der Waals surface area contributed by atoms with Gasteiger partial charge >= 0.3 is 0 Å². The Labute approximate surface area is 120 Å². The molecule has 2 aromatic rings. The number of pyridine rings is 1. The SMILES string of the molecule is CCn1cc(OCc2cccc(CNC(C)C)n2)cn1. The predicted octanol–water partition coefficient (Wildman–Crippen LogP) is 2.38. The Bertz CT molecular complexity index is 536. The number of aryl methyl sites for hydroxylation is 1. The first-order valence-electron chi connectivity index (χ1n) is 7.01. The van der Waals surface area contributed by atoms with Crippen molar-refractivity contribution in [1.29, 1.82) is 0 Å². The van der Waals surface area contributed by atoms with E-state index in [-0.39, 0.29) is 0 Å². The van der Waals surface area contributed by atoms with Gasteiger partial charge in [0.05, 0.1) is 23.8 Å². The zero-order chi connectivity index (χ0) is 14.4. The van der Waals surface area contributed by atoms with Crippen LogP contribution >= 0.6 is 0 Å². The molecule has 2 aromatic heterocycles. The molecule has 5 nitrogen and oxygen atoms in total. The summed E-state index contributed by atoms with van der Waals surface area (Å²) in [6.07, 6.45) is 3.62. The molecule has 0 aliphatic rings. The van der Waals surface area contributed by atoms with E-state index in [1.54, 1.807) is 6.20 Å². The fourth-order valence-corrected chi connectivity index (χ4v) is 1.77. The molecule has 1 N–H and O–H groups in total. The van der Waals surface area contributed by atoms with Crippen LogP contribution in [0.15, 0.2) is 30.6 Å². The second-order valence-electron chi connectivity index (χ2n) is 4.98. The van der Waals surface area contributed by atoms with Gasteiger partial charge in [-0.05, 0) is 19.1 Å². The predicted molar refractivity (Wildman–Crippen MR) is 78.4 cm³/mol. The number of hydrogen-bond donors (Lipinski definition) is 1. The summed E-state index contributed by atoms with van der Waals surface area (Å²) in [5, 5.41) is 7.53. The van der Waals surface area contributed by atoms with E-state index in [9.17, 15) is 0 Å². The van der Waals surface area contributed by atoms with Gasteiger partial charge < -0.3 is 10.1 Å². The summed E-state index contributed by atoms with van der Waals surface area (Å²) >= 11 is 0. The van der Waals surface area contributed by atoms with Crippen molar-refractivity contribution in [2.45, 2.75) is 46.5 Å². The molecule has 0 fully saturated rings. The minimum absolute atomic E-state index is 0.455. The largest absolute Gasteiger partial charge is 0.484 e. The Morgan fingerprint density at radius 3 is 2.80 bits per heavy atom. The molecule has 0 spiro atoms. The normalized spacial score (nSPS) is 11.0. The van der Waals surface area contributed by atoms with Gasteiger partial charge in [-0.25, -0.2) is 0 Å². The van der Waals surface area contributed by atoms with E-state index in [0.717, 1.165) is 30.2 Å². The topological polar surface area (TPSA) is 52.0 Å². The molecule has 0 amide bonds. The highest BCUT2D eigenvalue weighted by Crippen LogP contribution is 2.10. The molecule has 0 unspecified atom stereocenters. The summed E-state index contributed by atoms with van der Waals surface area (Å²) < 4.78 is 7.53. The van der Waals surface area contributed by atoms with Gasteiger partial charge in [-0.2, -0.15) is 5.10 Å². The highest BCUT2D eigenvalue weighted by atomic mass is 16.5. The Morgan fingerprint density at radius 1 is 1.30 bits per heavy atom. The van der Waals surface area contributed by atoms with Gasteiger partial charge in [-0.15, -0.1) is 0 Å². The van der Waals surface area contributed by atoms with E-state index in [0.29, 0.717) is 12.6 Å². The summed E-state index contributed by atoms with van der Waals surface area (Å²) in [7, 11) is 0. The van der Waals surface area contributed by atoms with Crippen molar-refractivity contribution in [3.8, 4) is 5.75 Å². The van der Waals surface area contributed by atoms with Crippen molar-refractivity contribution in [2.24, 2.45) is 0 Å². The lowest BCUT2D eigenvalue weighted by Crippen LogP contribution is -2.22. The van der Waals surface area contributed by atoms with E-state index in [1.165, 1.54) is 0 Å². The molecule has 0 atom stereocenters. The molecule has 5 heteroatoms. The molecule has 0 aromatic carbocycles. The third-order valence-electron chi connectivity index (χ3n) is 2.88. The molecule has 2 rings (SSSR count). The first-order valence-corrected chi connectivity index (χ1v) is 7.01. The van der Waals surface area contributed by atoms with Crippen LogP contribution < -0.4 is 10.1 Å². The molecule has 20 heavy (non-hydrogen) atoms. The van der Waals surface area contributed by atoms with Gasteiger partial charge in [-0.1, -0.05) is 19.9 Å². The summed E-state index contributed by atoms with van der Waals surface area (Å²) in [5.41, 5.74) is 1.96. The second-order valence-corrected chi connectivity index (χ2v) is 4.98. The second kappa shape index (κ2) is 7.05. The van der Waals surface area contributed by atoms with Crippen molar-refractivity contribution < 1.29 is 4.74 Å². The number of nitrogens with one attached hydrogen (secondary N) is 1. The van der Waals surface area contributed by atoms with Gasteiger partial charge in [0.15, 0.2) is 5.75 Å². The molecule has 0 aliphatic heterocycles. The van der Waals surface area contributed by atoms with Gasteiger partial charge in [0.25, 0.3) is 0 Å². The van der Waals surface area contributed by atoms with Crippen molar-refractivity contribution >= 4 is 0 Å². The number of aromatic nitrogens is 3. The van der Waals surface area contributed by atoms with Gasteiger partial charge in [0.1, 0.15) is 6.61 Å². The molecule has 0 saturated heterocycles. The Kier molecular flexibility index (Phi) is 5.12. The zero-order valence-electron chi connectivity index (χ0n) is 12.3. The van der Waals surface area contributed by atoms with Crippen LogP contribution in [0.3, 0.4) is 0 Å². The summed E-state index contributed by atoms with van der Waals surface area (Å²) in [6, 6.07) is 6.46. The maximum Gasteiger partial charge on any atom is 0.157 e. The lowest BCUT2D eigenvalue weighted by Gasteiger charge is -2.09. The van der Waals surface area contributed by atoms with Crippen LogP contribution in [-0.2, 0) is 19.7 Å². The first-order chi connectivity index (χ1) is 9.67. The van der Waals surface area contributed by atoms with Crippen molar-refractivity contribution in [1.82, 2.24) is 20.1 Å². The summed E-state index contributed by atoms with van der Waals surface area (Å²) in [5.74, 6) is 0.777. The maximum absolute atomic E-state index is 5.69. The smallest absolute Gasteiger partial charge is 0.157 e. The lowest BCUT2D eigenvalue weighted by molar-refractivity contribution is 0.300. The van der Waals surface area contributed by atoms with Crippen LogP contribution in [0.4, 0.5) is 0 Å². The highest BCUT2D eigenvalue weighted by Gasteiger charge is 2.02. The van der Waals surface area contributed by atoms with E-state index < -0.39 is 0 Å². The average molecular weight is 274 g/mol. The third kappa shape index (κ3) is 4.35. The van der Waals surface area contributed by atoms with Crippen LogP contribution in [0, 0.1) is 0 Å². The highest BCUT2D eigenvalue weighted by molar-refractivity contribution is 5.14. The summed E-state index contributed by atoms with van der Waals surface area (Å²) in [4.78, 5) is 4.57. The summed E-state index contributed by atoms with van der Waals surface area (Å²) in [6.45, 7) is 8.38. The quantitative estimate of drug-likeness (QED) is 0.842. The van der Waals surface area contributed by atoms with Gasteiger partial charge in [-0.3, -0.25) is 9.67 Å². The maximum atomic E-state index is 5.69. The van der Waals surface area contributed by atoms with E-state index in [2.05, 4.69) is 29.2 Å². The van der Waals surface area contributed by atoms with E-state index in [1.807, 2.05) is 36.0 Å². The standard InChI is InChI=1S/C15H22N4O/c1-4-19-10-15(9-17-19)20-11-14-7-5-6-13(18-14)8-16-12(2)3/h5-7,9-10,12,16H,4,8,11H2,1-3H3. The zero-order valence-corrected chi connectivity index (χ0v) is 12.3. The number of ether oxygens (including phenoxy) is 1. The Morgan fingerprint density at radius 2 is 2.10 bits per heavy atom. The monoisotopic (exact) mass is 274 g/mol. The average Bonchev–Trinajstić information content (AvgIpc) is 2.91.